The van der Waals surface area contributed by atoms with Crippen LogP contribution < -0.4 is 9.80 Å². The summed E-state index contributed by atoms with van der Waals surface area (Å²) >= 11 is 0. The summed E-state index contributed by atoms with van der Waals surface area (Å²) in [6.45, 7) is 6.30. The fourth-order valence-corrected chi connectivity index (χ4v) is 3.54. The summed E-state index contributed by atoms with van der Waals surface area (Å²) in [5, 5.41) is 0. The highest BCUT2D eigenvalue weighted by Crippen LogP contribution is 2.33. The van der Waals surface area contributed by atoms with Gasteiger partial charge in [0, 0.05) is 40.3 Å². The van der Waals surface area contributed by atoms with Gasteiger partial charge in [0.15, 0.2) is 0 Å². The summed E-state index contributed by atoms with van der Waals surface area (Å²) in [6, 6.07) is 8.34. The van der Waals surface area contributed by atoms with Crippen molar-refractivity contribution in [2.75, 3.05) is 63.2 Å². The van der Waals surface area contributed by atoms with Crippen LogP contribution in [0, 0.1) is 0 Å². The Morgan fingerprint density at radius 2 is 1.65 bits per heavy atom. The van der Waals surface area contributed by atoms with Gasteiger partial charge in [0.25, 0.3) is 0 Å². The predicted molar refractivity (Wildman–Crippen MR) is 95.4 cm³/mol. The van der Waals surface area contributed by atoms with Gasteiger partial charge >= 0.3 is 6.03 Å². The number of likely N-dealkylation sites (tertiary alicyclic amines) is 1. The molecule has 0 saturated carbocycles. The molecule has 0 bridgehead atoms. The molecule has 1 fully saturated rings. The Morgan fingerprint density at radius 3 is 2.35 bits per heavy atom. The normalized spacial score (nSPS) is 18.7. The molecule has 2 aliphatic rings. The number of hydrogen-bond acceptors (Lipinski definition) is 3. The van der Waals surface area contributed by atoms with Crippen molar-refractivity contribution >= 4 is 17.4 Å². The Bertz CT molecular complexity index is 540. The second kappa shape index (κ2) is 7.21. The van der Waals surface area contributed by atoms with Crippen LogP contribution in [0.5, 0.6) is 0 Å². The molecule has 5 heteroatoms. The van der Waals surface area contributed by atoms with Crippen LogP contribution in [0.25, 0.3) is 0 Å². The first kappa shape index (κ1) is 16.1. The summed E-state index contributed by atoms with van der Waals surface area (Å²) < 4.78 is 0. The largest absolute Gasteiger partial charge is 0.367 e. The fraction of sp³-hybridized carbons (Fsp3) is 0.611. The number of carbonyl (C=O) groups excluding carboxylic acids is 1. The van der Waals surface area contributed by atoms with E-state index in [1.165, 1.54) is 38.0 Å². The lowest BCUT2D eigenvalue weighted by atomic mass is 10.1. The van der Waals surface area contributed by atoms with Crippen LogP contribution in [0.15, 0.2) is 24.3 Å². The number of hydrogen-bond donors (Lipinski definition) is 0. The molecule has 3 rings (SSSR count). The molecule has 2 amide bonds. The number of benzene rings is 1. The molecule has 1 saturated heterocycles. The van der Waals surface area contributed by atoms with Crippen molar-refractivity contribution in [1.82, 2.24) is 9.80 Å². The van der Waals surface area contributed by atoms with E-state index in [4.69, 9.17) is 0 Å². The summed E-state index contributed by atoms with van der Waals surface area (Å²) in [4.78, 5) is 21.0. The maximum Gasteiger partial charge on any atom is 0.324 e. The van der Waals surface area contributed by atoms with Crippen LogP contribution in [0.4, 0.5) is 16.2 Å². The first-order valence-corrected chi connectivity index (χ1v) is 8.72. The van der Waals surface area contributed by atoms with E-state index in [0.29, 0.717) is 0 Å². The third-order valence-electron chi connectivity index (χ3n) is 4.86. The molecule has 0 unspecified atom stereocenters. The Kier molecular flexibility index (Phi) is 5.06. The van der Waals surface area contributed by atoms with Gasteiger partial charge in [-0.3, -0.25) is 4.90 Å². The zero-order valence-electron chi connectivity index (χ0n) is 14.4. The minimum atomic E-state index is 0.0631. The lowest BCUT2D eigenvalue weighted by Gasteiger charge is -2.39. The first-order valence-electron chi connectivity index (χ1n) is 8.72. The van der Waals surface area contributed by atoms with E-state index in [1.54, 1.807) is 4.90 Å². The Balaban J connectivity index is 1.70. The van der Waals surface area contributed by atoms with Crippen LogP contribution in [0.2, 0.25) is 0 Å². The third kappa shape index (κ3) is 3.61. The van der Waals surface area contributed by atoms with E-state index < -0.39 is 0 Å². The van der Waals surface area contributed by atoms with E-state index in [2.05, 4.69) is 28.0 Å². The molecule has 0 N–H and O–H groups in total. The lowest BCUT2D eigenvalue weighted by molar-refractivity contribution is 0.223. The molecule has 0 radical (unpaired) electrons. The Labute approximate surface area is 139 Å². The maximum absolute atomic E-state index is 12.4. The van der Waals surface area contributed by atoms with Crippen molar-refractivity contribution in [3.8, 4) is 0 Å². The van der Waals surface area contributed by atoms with Gasteiger partial charge in [-0.05, 0) is 38.1 Å². The molecular weight excluding hydrogens is 288 g/mol. The molecule has 0 aromatic heterocycles. The van der Waals surface area contributed by atoms with Gasteiger partial charge in [0.2, 0.25) is 0 Å². The minimum absolute atomic E-state index is 0.0631. The molecule has 0 aliphatic carbocycles. The number of nitrogens with zero attached hydrogens (tertiary/aromatic N) is 4. The zero-order valence-corrected chi connectivity index (χ0v) is 14.4. The molecular formula is C18H28N4O. The fourth-order valence-electron chi connectivity index (χ4n) is 3.54. The van der Waals surface area contributed by atoms with Gasteiger partial charge in [-0.2, -0.15) is 0 Å². The smallest absolute Gasteiger partial charge is 0.324 e. The lowest BCUT2D eigenvalue weighted by Crippen LogP contribution is -2.49. The maximum atomic E-state index is 12.4. The van der Waals surface area contributed by atoms with Crippen LogP contribution in [-0.4, -0.2) is 69.2 Å². The molecule has 1 aromatic carbocycles. The number of piperidine rings is 1. The number of carbonyl (C=O) groups is 1. The highest BCUT2D eigenvalue weighted by atomic mass is 16.2. The highest BCUT2D eigenvalue weighted by Gasteiger charge is 2.27. The molecule has 0 spiro atoms. The molecule has 0 atom stereocenters. The van der Waals surface area contributed by atoms with E-state index in [1.807, 2.05) is 25.1 Å². The average Bonchev–Trinajstić information content (AvgIpc) is 2.60. The van der Waals surface area contributed by atoms with Gasteiger partial charge in [0.05, 0.1) is 11.4 Å². The SMILES string of the molecule is CN(C)C(=O)N1CCN(CCN2CCCCC2)c2ccccc21. The summed E-state index contributed by atoms with van der Waals surface area (Å²) in [5.74, 6) is 0. The van der Waals surface area contributed by atoms with Crippen molar-refractivity contribution in [3.63, 3.8) is 0 Å². The van der Waals surface area contributed by atoms with Crippen molar-refractivity contribution in [1.29, 1.82) is 0 Å². The number of anilines is 2. The molecule has 5 nitrogen and oxygen atoms in total. The van der Waals surface area contributed by atoms with E-state index in [9.17, 15) is 4.79 Å². The van der Waals surface area contributed by atoms with Gasteiger partial charge in [-0.1, -0.05) is 18.6 Å². The standard InChI is InChI=1S/C18H28N4O/c1-19(2)18(23)22-15-14-21(16-8-4-5-9-17(16)22)13-12-20-10-6-3-7-11-20/h4-5,8-9H,3,6-7,10-15H2,1-2H3. The topological polar surface area (TPSA) is 30.0 Å². The van der Waals surface area contributed by atoms with E-state index >= 15 is 0 Å². The zero-order chi connectivity index (χ0) is 16.2. The van der Waals surface area contributed by atoms with Gasteiger partial charge in [-0.15, -0.1) is 0 Å². The number of fused-ring (bicyclic) bond motifs is 1. The summed E-state index contributed by atoms with van der Waals surface area (Å²) in [5.41, 5.74) is 2.22. The molecule has 2 aliphatic heterocycles. The number of rotatable bonds is 3. The van der Waals surface area contributed by atoms with Crippen molar-refractivity contribution in [2.45, 2.75) is 19.3 Å². The minimum Gasteiger partial charge on any atom is -0.367 e. The average molecular weight is 316 g/mol. The second-order valence-electron chi connectivity index (χ2n) is 6.71. The van der Waals surface area contributed by atoms with Crippen LogP contribution in [0.1, 0.15) is 19.3 Å². The van der Waals surface area contributed by atoms with Crippen LogP contribution in [-0.2, 0) is 0 Å². The van der Waals surface area contributed by atoms with Crippen LogP contribution in [0.3, 0.4) is 0 Å². The van der Waals surface area contributed by atoms with Gasteiger partial charge in [-0.25, -0.2) is 4.79 Å². The van der Waals surface area contributed by atoms with Gasteiger partial charge < -0.3 is 14.7 Å². The third-order valence-corrected chi connectivity index (χ3v) is 4.86. The Morgan fingerprint density at radius 1 is 0.957 bits per heavy atom. The second-order valence-corrected chi connectivity index (χ2v) is 6.71. The Hall–Kier alpha value is -1.75. The molecule has 1 aromatic rings. The number of para-hydroxylation sites is 2. The molecule has 126 valence electrons. The number of amides is 2. The van der Waals surface area contributed by atoms with Crippen molar-refractivity contribution in [3.05, 3.63) is 24.3 Å². The highest BCUT2D eigenvalue weighted by molar-refractivity contribution is 5.96. The summed E-state index contributed by atoms with van der Waals surface area (Å²) in [6.07, 6.45) is 4.05. The van der Waals surface area contributed by atoms with Gasteiger partial charge in [0.1, 0.15) is 0 Å². The molecule has 23 heavy (non-hydrogen) atoms. The van der Waals surface area contributed by atoms with E-state index in [0.717, 1.165) is 31.9 Å². The predicted octanol–water partition coefficient (Wildman–Crippen LogP) is 2.48. The quantitative estimate of drug-likeness (QED) is 0.858. The van der Waals surface area contributed by atoms with Crippen molar-refractivity contribution < 1.29 is 4.79 Å². The molecule has 2 heterocycles. The van der Waals surface area contributed by atoms with E-state index in [-0.39, 0.29) is 6.03 Å². The first-order chi connectivity index (χ1) is 11.2. The van der Waals surface area contributed by atoms with Crippen LogP contribution >= 0.6 is 0 Å². The monoisotopic (exact) mass is 316 g/mol. The van der Waals surface area contributed by atoms with Crippen molar-refractivity contribution in [2.24, 2.45) is 0 Å². The summed E-state index contributed by atoms with van der Waals surface area (Å²) in [7, 11) is 3.63. The number of urea groups is 1.